The predicted octanol–water partition coefficient (Wildman–Crippen LogP) is 1.53. The fourth-order valence-corrected chi connectivity index (χ4v) is 1.17. The van der Waals surface area contributed by atoms with Crippen LogP contribution in [0.25, 0.3) is 0 Å². The van der Waals surface area contributed by atoms with Crippen molar-refractivity contribution >= 4 is 11.7 Å². The number of nitrogen functional groups attached to an aromatic ring is 1. The average molecular weight is 242 g/mol. The van der Waals surface area contributed by atoms with E-state index in [0.717, 1.165) is 19.2 Å². The summed E-state index contributed by atoms with van der Waals surface area (Å²) in [6, 6.07) is 3.73. The maximum absolute atomic E-state index is 12.0. The molecule has 1 aromatic rings. The van der Waals surface area contributed by atoms with Crippen LogP contribution in [-0.2, 0) is 4.74 Å². The average Bonchev–Trinajstić information content (AvgIpc) is 2.29. The van der Waals surface area contributed by atoms with Gasteiger partial charge >= 0.3 is 12.6 Å². The Balaban J connectivity index is 3.28. The van der Waals surface area contributed by atoms with Crippen LogP contribution in [-0.4, -0.2) is 19.7 Å². The van der Waals surface area contributed by atoms with Crippen molar-refractivity contribution in [2.45, 2.75) is 6.61 Å². The molecule has 0 aliphatic rings. The second-order valence-electron chi connectivity index (χ2n) is 2.92. The third-order valence-electron chi connectivity index (χ3n) is 1.89. The van der Waals surface area contributed by atoms with Crippen LogP contribution < -0.4 is 10.5 Å². The zero-order chi connectivity index (χ0) is 13.0. The molecular formula is C10H8F2N2O3. The number of anilines is 1. The van der Waals surface area contributed by atoms with Crippen LogP contribution in [0.3, 0.4) is 0 Å². The van der Waals surface area contributed by atoms with Crippen molar-refractivity contribution in [2.24, 2.45) is 0 Å². The number of carbonyl (C=O) groups is 1. The van der Waals surface area contributed by atoms with Gasteiger partial charge in [0, 0.05) is 0 Å². The second-order valence-corrected chi connectivity index (χ2v) is 2.92. The van der Waals surface area contributed by atoms with Crippen LogP contribution >= 0.6 is 0 Å². The molecule has 1 rings (SSSR count). The SMILES string of the molecule is COC(=O)c1cc(OC(F)F)c(N)cc1C#N. The highest BCUT2D eigenvalue weighted by molar-refractivity contribution is 5.93. The largest absolute Gasteiger partial charge is 0.465 e. The Bertz CT molecular complexity index is 483. The molecule has 2 N–H and O–H groups in total. The topological polar surface area (TPSA) is 85.3 Å². The second kappa shape index (κ2) is 5.12. The lowest BCUT2D eigenvalue weighted by Gasteiger charge is -2.10. The summed E-state index contributed by atoms with van der Waals surface area (Å²) >= 11 is 0. The van der Waals surface area contributed by atoms with E-state index >= 15 is 0 Å². The van der Waals surface area contributed by atoms with Crippen LogP contribution in [0.2, 0.25) is 0 Å². The van der Waals surface area contributed by atoms with Gasteiger partial charge in [0.2, 0.25) is 0 Å². The van der Waals surface area contributed by atoms with Crippen LogP contribution in [0.15, 0.2) is 12.1 Å². The number of alkyl halides is 2. The quantitative estimate of drug-likeness (QED) is 0.641. The molecule has 5 nitrogen and oxygen atoms in total. The predicted molar refractivity (Wildman–Crippen MR) is 53.5 cm³/mol. The van der Waals surface area contributed by atoms with Crippen LogP contribution in [0.4, 0.5) is 14.5 Å². The molecule has 0 saturated heterocycles. The van der Waals surface area contributed by atoms with Gasteiger partial charge in [-0.15, -0.1) is 0 Å². The molecule has 0 radical (unpaired) electrons. The molecule has 0 aliphatic carbocycles. The number of nitrogens with zero attached hydrogens (tertiary/aromatic N) is 1. The van der Waals surface area contributed by atoms with Gasteiger partial charge in [-0.3, -0.25) is 0 Å². The van der Waals surface area contributed by atoms with E-state index in [2.05, 4.69) is 9.47 Å². The summed E-state index contributed by atoms with van der Waals surface area (Å²) in [4.78, 5) is 11.3. The maximum Gasteiger partial charge on any atom is 0.387 e. The Morgan fingerprint density at radius 2 is 2.18 bits per heavy atom. The summed E-state index contributed by atoms with van der Waals surface area (Å²) in [5.74, 6) is -1.21. The minimum atomic E-state index is -3.07. The third kappa shape index (κ3) is 2.81. The van der Waals surface area contributed by atoms with Crippen LogP contribution in [0.1, 0.15) is 15.9 Å². The number of hydrogen-bond donors (Lipinski definition) is 1. The lowest BCUT2D eigenvalue weighted by molar-refractivity contribution is -0.0494. The van der Waals surface area contributed by atoms with Gasteiger partial charge in [0.15, 0.2) is 0 Å². The van der Waals surface area contributed by atoms with Gasteiger partial charge in [-0.1, -0.05) is 0 Å². The van der Waals surface area contributed by atoms with Gasteiger partial charge in [0.1, 0.15) is 11.8 Å². The van der Waals surface area contributed by atoms with E-state index in [1.54, 1.807) is 6.07 Å². The van der Waals surface area contributed by atoms with Crippen molar-refractivity contribution in [2.75, 3.05) is 12.8 Å². The Hall–Kier alpha value is -2.36. The lowest BCUT2D eigenvalue weighted by Crippen LogP contribution is -2.09. The van der Waals surface area contributed by atoms with Gasteiger partial charge in [-0.05, 0) is 12.1 Å². The van der Waals surface area contributed by atoms with E-state index in [1.165, 1.54) is 0 Å². The fourth-order valence-electron chi connectivity index (χ4n) is 1.17. The first-order valence-corrected chi connectivity index (χ1v) is 4.36. The zero-order valence-corrected chi connectivity index (χ0v) is 8.74. The van der Waals surface area contributed by atoms with Crippen LogP contribution in [0.5, 0.6) is 5.75 Å². The highest BCUT2D eigenvalue weighted by atomic mass is 19.3. The first-order chi connectivity index (χ1) is 7.99. The number of nitriles is 1. The number of rotatable bonds is 3. The summed E-state index contributed by atoms with van der Waals surface area (Å²) in [6.45, 7) is -3.07. The molecule has 90 valence electrons. The fraction of sp³-hybridized carbons (Fsp3) is 0.200. The van der Waals surface area contributed by atoms with Gasteiger partial charge in [-0.25, -0.2) is 4.79 Å². The number of nitrogens with two attached hydrogens (primary N) is 1. The Morgan fingerprint density at radius 3 is 2.65 bits per heavy atom. The van der Waals surface area contributed by atoms with Crippen molar-refractivity contribution < 1.29 is 23.0 Å². The molecule has 1 aromatic carbocycles. The maximum atomic E-state index is 12.0. The first kappa shape index (κ1) is 12.7. The third-order valence-corrected chi connectivity index (χ3v) is 1.89. The molecule has 0 aliphatic heterocycles. The van der Waals surface area contributed by atoms with Gasteiger partial charge < -0.3 is 15.2 Å². The van der Waals surface area contributed by atoms with Crippen molar-refractivity contribution in [3.05, 3.63) is 23.3 Å². The molecule has 0 atom stereocenters. The summed E-state index contributed by atoms with van der Waals surface area (Å²) in [6.07, 6.45) is 0. The summed E-state index contributed by atoms with van der Waals surface area (Å²) in [5, 5.41) is 8.76. The van der Waals surface area contributed by atoms with Crippen molar-refractivity contribution in [3.63, 3.8) is 0 Å². The number of esters is 1. The number of ether oxygens (including phenoxy) is 2. The first-order valence-electron chi connectivity index (χ1n) is 4.36. The highest BCUT2D eigenvalue weighted by Gasteiger charge is 2.17. The van der Waals surface area contributed by atoms with E-state index in [0.29, 0.717) is 0 Å². The van der Waals surface area contributed by atoms with Gasteiger partial charge in [0.05, 0.1) is 23.9 Å². The van der Waals surface area contributed by atoms with Crippen molar-refractivity contribution in [1.82, 2.24) is 0 Å². The van der Waals surface area contributed by atoms with Crippen molar-refractivity contribution in [1.29, 1.82) is 5.26 Å². The molecule has 0 heterocycles. The molecule has 0 fully saturated rings. The molecule has 0 saturated carbocycles. The molecular weight excluding hydrogens is 234 g/mol. The monoisotopic (exact) mass is 242 g/mol. The Morgan fingerprint density at radius 1 is 1.53 bits per heavy atom. The normalized spacial score (nSPS) is 9.82. The summed E-state index contributed by atoms with van der Waals surface area (Å²) in [7, 11) is 1.10. The summed E-state index contributed by atoms with van der Waals surface area (Å²) < 4.78 is 32.6. The molecule has 0 aromatic heterocycles. The molecule has 0 bridgehead atoms. The molecule has 17 heavy (non-hydrogen) atoms. The number of carbonyl (C=O) groups excluding carboxylic acids is 1. The number of methoxy groups -OCH3 is 1. The molecule has 0 spiro atoms. The zero-order valence-electron chi connectivity index (χ0n) is 8.74. The minimum Gasteiger partial charge on any atom is -0.465 e. The van der Waals surface area contributed by atoms with E-state index in [9.17, 15) is 13.6 Å². The van der Waals surface area contributed by atoms with Gasteiger partial charge in [0.25, 0.3) is 0 Å². The van der Waals surface area contributed by atoms with E-state index in [1.807, 2.05) is 0 Å². The number of benzene rings is 1. The van der Waals surface area contributed by atoms with Crippen LogP contribution in [0, 0.1) is 11.3 Å². The minimum absolute atomic E-state index is 0.0732. The van der Waals surface area contributed by atoms with E-state index < -0.39 is 12.6 Å². The molecule has 0 unspecified atom stereocenters. The van der Waals surface area contributed by atoms with Gasteiger partial charge in [-0.2, -0.15) is 14.0 Å². The highest BCUT2D eigenvalue weighted by Crippen LogP contribution is 2.27. The van der Waals surface area contributed by atoms with Crippen molar-refractivity contribution in [3.8, 4) is 11.8 Å². The molecule has 0 amide bonds. The smallest absolute Gasteiger partial charge is 0.387 e. The lowest BCUT2D eigenvalue weighted by atomic mass is 10.1. The number of halogens is 2. The Kier molecular flexibility index (Phi) is 3.82. The van der Waals surface area contributed by atoms with E-state index in [4.69, 9.17) is 11.0 Å². The number of hydrogen-bond acceptors (Lipinski definition) is 5. The van der Waals surface area contributed by atoms with E-state index in [-0.39, 0.29) is 22.6 Å². The Labute approximate surface area is 95.3 Å². The molecule has 7 heteroatoms. The standard InChI is InChI=1S/C10H8F2N2O3/c1-16-9(15)6-3-8(17-10(11)12)7(14)2-5(6)4-13/h2-3,10H,14H2,1H3. The summed E-state index contributed by atoms with van der Waals surface area (Å²) in [5.41, 5.74) is 4.98.